The summed E-state index contributed by atoms with van der Waals surface area (Å²) in [4.78, 5) is 12.5. The summed E-state index contributed by atoms with van der Waals surface area (Å²) in [7, 11) is 1.84. The van der Waals surface area contributed by atoms with E-state index in [4.69, 9.17) is 4.74 Å². The number of fused-ring (bicyclic) bond motifs is 3. The van der Waals surface area contributed by atoms with E-state index in [2.05, 4.69) is 12.1 Å². The first-order chi connectivity index (χ1) is 10.8. The minimum absolute atomic E-state index is 0.302. The van der Waals surface area contributed by atoms with Crippen molar-refractivity contribution in [2.45, 2.75) is 6.10 Å². The highest BCUT2D eigenvalue weighted by Crippen LogP contribution is 2.45. The summed E-state index contributed by atoms with van der Waals surface area (Å²) in [6.45, 7) is 0. The highest BCUT2D eigenvalue weighted by Gasteiger charge is 2.31. The average Bonchev–Trinajstić information content (AvgIpc) is 3.11. The second-order valence-electron chi connectivity index (χ2n) is 5.46. The van der Waals surface area contributed by atoms with Gasteiger partial charge in [0.2, 0.25) is 0 Å². The van der Waals surface area contributed by atoms with E-state index in [-0.39, 0.29) is 12.1 Å². The molecular weight excluding hydrogens is 274 g/mol. The molecule has 0 saturated heterocycles. The summed E-state index contributed by atoms with van der Waals surface area (Å²) in [5.74, 6) is -0.302. The Balaban J connectivity index is 1.76. The van der Waals surface area contributed by atoms with E-state index in [1.165, 1.54) is 0 Å². The van der Waals surface area contributed by atoms with Gasteiger partial charge in [0.1, 0.15) is 5.69 Å². The number of aryl methyl sites for hydroxylation is 1. The first kappa shape index (κ1) is 12.9. The Kier molecular flexibility index (Phi) is 2.86. The Labute approximate surface area is 128 Å². The highest BCUT2D eigenvalue weighted by molar-refractivity contribution is 5.89. The molecule has 0 atom stereocenters. The molecule has 22 heavy (non-hydrogen) atoms. The highest BCUT2D eigenvalue weighted by atomic mass is 16.5. The molecule has 2 aromatic carbocycles. The van der Waals surface area contributed by atoms with E-state index in [1.807, 2.05) is 55.7 Å². The van der Waals surface area contributed by atoms with Crippen LogP contribution in [0.15, 0.2) is 66.9 Å². The van der Waals surface area contributed by atoms with E-state index in [9.17, 15) is 4.79 Å². The quantitative estimate of drug-likeness (QED) is 0.669. The third-order valence-electron chi connectivity index (χ3n) is 4.15. The van der Waals surface area contributed by atoms with Crippen LogP contribution in [0.3, 0.4) is 0 Å². The van der Waals surface area contributed by atoms with E-state index in [1.54, 1.807) is 10.6 Å². The Morgan fingerprint density at radius 1 is 0.909 bits per heavy atom. The molecule has 1 heterocycles. The summed E-state index contributed by atoms with van der Waals surface area (Å²) >= 11 is 0. The molecule has 0 unspecified atom stereocenters. The minimum Gasteiger partial charge on any atom is -0.448 e. The second-order valence-corrected chi connectivity index (χ2v) is 5.46. The fraction of sp³-hybridized carbons (Fsp3) is 0.105. The van der Waals surface area contributed by atoms with Crippen molar-refractivity contribution in [2.75, 3.05) is 0 Å². The Bertz CT molecular complexity index is 818. The Morgan fingerprint density at radius 2 is 1.50 bits per heavy atom. The van der Waals surface area contributed by atoms with Crippen LogP contribution in [0, 0.1) is 0 Å². The lowest BCUT2D eigenvalue weighted by Crippen LogP contribution is -2.13. The van der Waals surface area contributed by atoms with Crippen LogP contribution in [0.1, 0.15) is 27.7 Å². The standard InChI is InChI=1S/C19H15NO2/c1-20-12-6-11-17(20)19(21)22-18-15-9-4-2-7-13(15)14-8-3-5-10-16(14)18/h2-12,18H,1H3. The van der Waals surface area contributed by atoms with Gasteiger partial charge in [-0.3, -0.25) is 0 Å². The molecule has 3 heteroatoms. The SMILES string of the molecule is Cn1cccc1C(=O)OC1c2ccccc2-c2ccccc21. The van der Waals surface area contributed by atoms with Crippen LogP contribution < -0.4 is 0 Å². The number of aromatic nitrogens is 1. The fourth-order valence-corrected chi connectivity index (χ4v) is 3.08. The van der Waals surface area contributed by atoms with Crippen molar-refractivity contribution in [3.63, 3.8) is 0 Å². The molecule has 108 valence electrons. The number of ether oxygens (including phenoxy) is 1. The maximum Gasteiger partial charge on any atom is 0.355 e. The molecule has 4 rings (SSSR count). The molecule has 1 aliphatic rings. The van der Waals surface area contributed by atoms with Crippen LogP contribution in [-0.4, -0.2) is 10.5 Å². The third-order valence-corrected chi connectivity index (χ3v) is 4.15. The molecule has 0 amide bonds. The topological polar surface area (TPSA) is 31.2 Å². The third kappa shape index (κ3) is 1.86. The predicted molar refractivity (Wildman–Crippen MR) is 84.5 cm³/mol. The lowest BCUT2D eigenvalue weighted by atomic mass is 10.1. The van der Waals surface area contributed by atoms with Crippen LogP contribution in [-0.2, 0) is 11.8 Å². The van der Waals surface area contributed by atoms with Crippen molar-refractivity contribution in [2.24, 2.45) is 7.05 Å². The molecule has 1 aromatic heterocycles. The number of carbonyl (C=O) groups excluding carboxylic acids is 1. The van der Waals surface area contributed by atoms with Gasteiger partial charge in [-0.25, -0.2) is 4.79 Å². The van der Waals surface area contributed by atoms with Gasteiger partial charge in [0, 0.05) is 24.4 Å². The first-order valence-electron chi connectivity index (χ1n) is 7.26. The van der Waals surface area contributed by atoms with Crippen molar-refractivity contribution in [1.29, 1.82) is 0 Å². The van der Waals surface area contributed by atoms with Crippen LogP contribution in [0.4, 0.5) is 0 Å². The maximum atomic E-state index is 12.5. The Hall–Kier alpha value is -2.81. The maximum absolute atomic E-state index is 12.5. The lowest BCUT2D eigenvalue weighted by molar-refractivity contribution is 0.0374. The van der Waals surface area contributed by atoms with Gasteiger partial charge in [-0.05, 0) is 23.3 Å². The van der Waals surface area contributed by atoms with Crippen molar-refractivity contribution in [1.82, 2.24) is 4.57 Å². The molecule has 0 fully saturated rings. The number of benzene rings is 2. The lowest BCUT2D eigenvalue weighted by Gasteiger charge is -2.15. The Morgan fingerprint density at radius 3 is 2.05 bits per heavy atom. The van der Waals surface area contributed by atoms with Gasteiger partial charge < -0.3 is 9.30 Å². The molecule has 0 aliphatic heterocycles. The van der Waals surface area contributed by atoms with Gasteiger partial charge >= 0.3 is 5.97 Å². The van der Waals surface area contributed by atoms with Gasteiger partial charge in [-0.2, -0.15) is 0 Å². The number of hydrogen-bond donors (Lipinski definition) is 0. The largest absolute Gasteiger partial charge is 0.448 e. The molecule has 3 nitrogen and oxygen atoms in total. The van der Waals surface area contributed by atoms with Crippen LogP contribution in [0.5, 0.6) is 0 Å². The second kappa shape index (κ2) is 4.88. The summed E-state index contributed by atoms with van der Waals surface area (Å²) in [5.41, 5.74) is 4.94. The summed E-state index contributed by atoms with van der Waals surface area (Å²) in [5, 5.41) is 0. The molecule has 0 saturated carbocycles. The molecule has 0 bridgehead atoms. The van der Waals surface area contributed by atoms with Gasteiger partial charge in [0.25, 0.3) is 0 Å². The zero-order valence-corrected chi connectivity index (χ0v) is 12.2. The molecule has 1 aliphatic carbocycles. The number of hydrogen-bond acceptors (Lipinski definition) is 2. The van der Waals surface area contributed by atoms with E-state index in [0.717, 1.165) is 22.3 Å². The smallest absolute Gasteiger partial charge is 0.355 e. The number of nitrogens with zero attached hydrogens (tertiary/aromatic N) is 1. The zero-order valence-electron chi connectivity index (χ0n) is 12.2. The van der Waals surface area contributed by atoms with Crippen LogP contribution >= 0.6 is 0 Å². The van der Waals surface area contributed by atoms with Crippen molar-refractivity contribution in [3.05, 3.63) is 83.7 Å². The predicted octanol–water partition coefficient (Wildman–Crippen LogP) is 3.95. The summed E-state index contributed by atoms with van der Waals surface area (Å²) < 4.78 is 7.60. The molecule has 0 radical (unpaired) electrons. The summed E-state index contributed by atoms with van der Waals surface area (Å²) in [6, 6.07) is 19.8. The molecular formula is C19H15NO2. The van der Waals surface area contributed by atoms with Crippen molar-refractivity contribution < 1.29 is 9.53 Å². The first-order valence-corrected chi connectivity index (χ1v) is 7.26. The summed E-state index contributed by atoms with van der Waals surface area (Å²) in [6.07, 6.45) is 1.50. The number of rotatable bonds is 2. The van der Waals surface area contributed by atoms with Gasteiger partial charge in [0.05, 0.1) is 0 Å². The van der Waals surface area contributed by atoms with E-state index < -0.39 is 0 Å². The van der Waals surface area contributed by atoms with Crippen molar-refractivity contribution >= 4 is 5.97 Å². The van der Waals surface area contributed by atoms with Crippen molar-refractivity contribution in [3.8, 4) is 11.1 Å². The number of esters is 1. The van der Waals surface area contributed by atoms with E-state index in [0.29, 0.717) is 5.69 Å². The minimum atomic E-state index is -0.338. The molecule has 3 aromatic rings. The van der Waals surface area contributed by atoms with Gasteiger partial charge in [-0.1, -0.05) is 48.5 Å². The van der Waals surface area contributed by atoms with Crippen LogP contribution in [0.2, 0.25) is 0 Å². The van der Waals surface area contributed by atoms with Crippen LogP contribution in [0.25, 0.3) is 11.1 Å². The zero-order chi connectivity index (χ0) is 15.1. The normalized spacial score (nSPS) is 12.8. The van der Waals surface area contributed by atoms with Gasteiger partial charge in [0.15, 0.2) is 6.10 Å². The fourth-order valence-electron chi connectivity index (χ4n) is 3.08. The van der Waals surface area contributed by atoms with E-state index >= 15 is 0 Å². The van der Waals surface area contributed by atoms with Gasteiger partial charge in [-0.15, -0.1) is 0 Å². The average molecular weight is 289 g/mol. The monoisotopic (exact) mass is 289 g/mol. The number of carbonyl (C=O) groups is 1. The molecule has 0 N–H and O–H groups in total. The molecule has 0 spiro atoms.